The van der Waals surface area contributed by atoms with Crippen LogP contribution in [-0.4, -0.2) is 80.2 Å². The van der Waals surface area contributed by atoms with Gasteiger partial charge in [-0.15, -0.1) is 0 Å². The molecule has 7 heteroatoms. The molecule has 0 aliphatic carbocycles. The third kappa shape index (κ3) is 4.16. The number of piperazine rings is 1. The molecule has 0 radical (unpaired) electrons. The van der Waals surface area contributed by atoms with Crippen LogP contribution in [0.3, 0.4) is 0 Å². The zero-order valence-corrected chi connectivity index (χ0v) is 15.7. The first-order valence-electron chi connectivity index (χ1n) is 9.07. The van der Waals surface area contributed by atoms with E-state index in [2.05, 4.69) is 0 Å². The summed E-state index contributed by atoms with van der Waals surface area (Å²) in [5.41, 5.74) is 0.779. The molecule has 26 heavy (non-hydrogen) atoms. The van der Waals surface area contributed by atoms with Crippen molar-refractivity contribution in [2.75, 3.05) is 51.3 Å². The predicted molar refractivity (Wildman–Crippen MR) is 98.4 cm³/mol. The molecule has 2 fully saturated rings. The van der Waals surface area contributed by atoms with Crippen molar-refractivity contribution in [3.05, 3.63) is 24.3 Å². The van der Waals surface area contributed by atoms with Gasteiger partial charge in [0.15, 0.2) is 0 Å². The Kier molecular flexibility index (Phi) is 5.78. The van der Waals surface area contributed by atoms with E-state index in [1.165, 1.54) is 0 Å². The smallest absolute Gasteiger partial charge is 0.241 e. The van der Waals surface area contributed by atoms with Crippen molar-refractivity contribution < 1.29 is 19.1 Å². The van der Waals surface area contributed by atoms with Gasteiger partial charge in [-0.2, -0.15) is 0 Å². The lowest BCUT2D eigenvalue weighted by atomic mass is 10.2. The molecule has 2 aliphatic rings. The SMILES string of the molecule is COc1ccccc1N1CCN(CC(=O)N2C[C@@H](C)O[C@@H](C)C2)CC1=O. The summed E-state index contributed by atoms with van der Waals surface area (Å²) < 4.78 is 11.0. The Labute approximate surface area is 154 Å². The van der Waals surface area contributed by atoms with Crippen LogP contribution < -0.4 is 9.64 Å². The fourth-order valence-electron chi connectivity index (χ4n) is 3.64. The number of hydrogen-bond donors (Lipinski definition) is 0. The first-order chi connectivity index (χ1) is 12.5. The van der Waals surface area contributed by atoms with Crippen LogP contribution >= 0.6 is 0 Å². The largest absolute Gasteiger partial charge is 0.495 e. The zero-order chi connectivity index (χ0) is 18.7. The number of para-hydroxylation sites is 2. The van der Waals surface area contributed by atoms with Crippen molar-refractivity contribution >= 4 is 17.5 Å². The van der Waals surface area contributed by atoms with E-state index in [1.54, 1.807) is 12.0 Å². The van der Waals surface area contributed by atoms with Crippen LogP contribution in [0.5, 0.6) is 5.75 Å². The number of ether oxygens (including phenoxy) is 2. The highest BCUT2D eigenvalue weighted by Crippen LogP contribution is 2.28. The van der Waals surface area contributed by atoms with Gasteiger partial charge in [-0.1, -0.05) is 12.1 Å². The maximum atomic E-state index is 12.6. The van der Waals surface area contributed by atoms with Crippen LogP contribution in [0.4, 0.5) is 5.69 Å². The summed E-state index contributed by atoms with van der Waals surface area (Å²) in [5.74, 6) is 0.726. The van der Waals surface area contributed by atoms with E-state index in [0.29, 0.717) is 31.9 Å². The quantitative estimate of drug-likeness (QED) is 0.800. The van der Waals surface area contributed by atoms with Gasteiger partial charge in [0.05, 0.1) is 38.1 Å². The Morgan fingerprint density at radius 2 is 1.88 bits per heavy atom. The number of methoxy groups -OCH3 is 1. The molecule has 0 unspecified atom stereocenters. The topological polar surface area (TPSA) is 62.3 Å². The van der Waals surface area contributed by atoms with Crippen molar-refractivity contribution in [2.24, 2.45) is 0 Å². The average Bonchev–Trinajstić information content (AvgIpc) is 2.61. The predicted octanol–water partition coefficient (Wildman–Crippen LogP) is 0.980. The van der Waals surface area contributed by atoms with E-state index < -0.39 is 0 Å². The van der Waals surface area contributed by atoms with Gasteiger partial charge in [0, 0.05) is 26.2 Å². The lowest BCUT2D eigenvalue weighted by Gasteiger charge is -2.38. The molecule has 2 saturated heterocycles. The number of morpholine rings is 1. The fourth-order valence-corrected chi connectivity index (χ4v) is 3.64. The second-order valence-electron chi connectivity index (χ2n) is 6.98. The number of rotatable bonds is 4. The Morgan fingerprint density at radius 1 is 1.19 bits per heavy atom. The molecule has 0 spiro atoms. The standard InChI is InChI=1S/C19H27N3O4/c1-14-10-21(11-15(2)26-14)18(23)12-20-8-9-22(19(24)13-20)16-6-4-5-7-17(16)25-3/h4-7,14-15H,8-13H2,1-3H3/t14-,15+. The van der Waals surface area contributed by atoms with Crippen LogP contribution in [0.2, 0.25) is 0 Å². The second kappa shape index (κ2) is 8.05. The highest BCUT2D eigenvalue weighted by Gasteiger charge is 2.31. The van der Waals surface area contributed by atoms with Crippen LogP contribution in [-0.2, 0) is 14.3 Å². The lowest BCUT2D eigenvalue weighted by molar-refractivity contribution is -0.144. The van der Waals surface area contributed by atoms with E-state index in [-0.39, 0.29) is 37.1 Å². The van der Waals surface area contributed by atoms with E-state index in [1.807, 2.05) is 47.9 Å². The molecule has 142 valence electrons. The monoisotopic (exact) mass is 361 g/mol. The Morgan fingerprint density at radius 3 is 2.54 bits per heavy atom. The summed E-state index contributed by atoms with van der Waals surface area (Å²) in [6, 6.07) is 7.50. The number of amides is 2. The molecular formula is C19H27N3O4. The first kappa shape index (κ1) is 18.7. The number of nitrogens with zero attached hydrogens (tertiary/aromatic N) is 3. The Balaban J connectivity index is 1.59. The summed E-state index contributed by atoms with van der Waals surface area (Å²) >= 11 is 0. The summed E-state index contributed by atoms with van der Waals surface area (Å²) in [4.78, 5) is 30.7. The number of carbonyl (C=O) groups is 2. The molecule has 2 amide bonds. The normalized spacial score (nSPS) is 24.7. The second-order valence-corrected chi connectivity index (χ2v) is 6.98. The van der Waals surface area contributed by atoms with Gasteiger partial charge in [-0.3, -0.25) is 14.5 Å². The minimum atomic E-state index is -0.0164. The van der Waals surface area contributed by atoms with Crippen LogP contribution in [0.1, 0.15) is 13.8 Å². The zero-order valence-electron chi connectivity index (χ0n) is 15.7. The van der Waals surface area contributed by atoms with Gasteiger partial charge in [0.25, 0.3) is 0 Å². The van der Waals surface area contributed by atoms with Gasteiger partial charge in [-0.05, 0) is 26.0 Å². The van der Waals surface area contributed by atoms with Crippen LogP contribution in [0, 0.1) is 0 Å². The summed E-state index contributed by atoms with van der Waals surface area (Å²) in [6.07, 6.45) is 0.0958. The highest BCUT2D eigenvalue weighted by atomic mass is 16.5. The lowest BCUT2D eigenvalue weighted by Crippen LogP contribution is -2.55. The van der Waals surface area contributed by atoms with Gasteiger partial charge in [-0.25, -0.2) is 0 Å². The van der Waals surface area contributed by atoms with Crippen LogP contribution in [0.25, 0.3) is 0 Å². The highest BCUT2D eigenvalue weighted by molar-refractivity contribution is 5.97. The molecule has 2 heterocycles. The summed E-state index contributed by atoms with van der Waals surface area (Å²) in [7, 11) is 1.60. The van der Waals surface area contributed by atoms with Crippen molar-refractivity contribution in [1.29, 1.82) is 0 Å². The van der Waals surface area contributed by atoms with Gasteiger partial charge in [0.1, 0.15) is 5.75 Å². The van der Waals surface area contributed by atoms with Crippen molar-refractivity contribution in [3.8, 4) is 5.75 Å². The number of carbonyl (C=O) groups excluding carboxylic acids is 2. The number of hydrogen-bond acceptors (Lipinski definition) is 5. The van der Waals surface area contributed by atoms with Gasteiger partial charge >= 0.3 is 0 Å². The first-order valence-corrected chi connectivity index (χ1v) is 9.07. The average molecular weight is 361 g/mol. The molecule has 2 atom stereocenters. The Hall–Kier alpha value is -2.12. The van der Waals surface area contributed by atoms with Gasteiger partial charge in [0.2, 0.25) is 11.8 Å². The van der Waals surface area contributed by atoms with E-state index >= 15 is 0 Å². The molecule has 3 rings (SSSR count). The summed E-state index contributed by atoms with van der Waals surface area (Å²) in [5, 5.41) is 0. The minimum absolute atomic E-state index is 0.0164. The molecule has 2 aliphatic heterocycles. The minimum Gasteiger partial charge on any atom is -0.495 e. The van der Waals surface area contributed by atoms with E-state index in [9.17, 15) is 9.59 Å². The Bertz CT molecular complexity index is 656. The van der Waals surface area contributed by atoms with Crippen molar-refractivity contribution in [3.63, 3.8) is 0 Å². The molecular weight excluding hydrogens is 334 g/mol. The van der Waals surface area contributed by atoms with E-state index in [4.69, 9.17) is 9.47 Å². The molecule has 0 bridgehead atoms. The van der Waals surface area contributed by atoms with Crippen molar-refractivity contribution in [1.82, 2.24) is 9.80 Å². The van der Waals surface area contributed by atoms with Gasteiger partial charge < -0.3 is 19.3 Å². The third-order valence-electron chi connectivity index (χ3n) is 4.81. The molecule has 0 N–H and O–H groups in total. The number of anilines is 1. The summed E-state index contributed by atoms with van der Waals surface area (Å²) in [6.45, 7) is 6.88. The fraction of sp³-hybridized carbons (Fsp3) is 0.579. The molecule has 0 saturated carbocycles. The molecule has 7 nitrogen and oxygen atoms in total. The van der Waals surface area contributed by atoms with Crippen molar-refractivity contribution in [2.45, 2.75) is 26.1 Å². The van der Waals surface area contributed by atoms with Crippen LogP contribution in [0.15, 0.2) is 24.3 Å². The number of benzene rings is 1. The third-order valence-corrected chi connectivity index (χ3v) is 4.81. The molecule has 1 aromatic carbocycles. The maximum Gasteiger partial charge on any atom is 0.241 e. The molecule has 1 aromatic rings. The molecule has 0 aromatic heterocycles. The van der Waals surface area contributed by atoms with E-state index in [0.717, 1.165) is 5.69 Å². The maximum absolute atomic E-state index is 12.6.